The zero-order chi connectivity index (χ0) is 13.4. The number of fused-ring (bicyclic) bond motifs is 1. The van der Waals surface area contributed by atoms with E-state index in [1.54, 1.807) is 11.3 Å². The summed E-state index contributed by atoms with van der Waals surface area (Å²) in [7, 11) is 0. The van der Waals surface area contributed by atoms with Crippen LogP contribution in [0.3, 0.4) is 0 Å². The predicted molar refractivity (Wildman–Crippen MR) is 86.1 cm³/mol. The molecule has 0 bridgehead atoms. The Morgan fingerprint density at radius 2 is 2.21 bits per heavy atom. The van der Waals surface area contributed by atoms with Crippen molar-refractivity contribution in [2.45, 2.75) is 31.8 Å². The maximum atomic E-state index is 6.01. The maximum absolute atomic E-state index is 6.01. The number of halogens is 2. The summed E-state index contributed by atoms with van der Waals surface area (Å²) in [6, 6.07) is 11.4. The van der Waals surface area contributed by atoms with E-state index in [1.807, 2.05) is 6.07 Å². The summed E-state index contributed by atoms with van der Waals surface area (Å²) in [6.45, 7) is 2.21. The lowest BCUT2D eigenvalue weighted by atomic mass is 10.1. The molecular formula is C15H15BrClNS. The Balaban J connectivity index is 1.78. The van der Waals surface area contributed by atoms with Gasteiger partial charge in [-0.05, 0) is 49.1 Å². The second kappa shape index (κ2) is 5.57. The number of hydrogen-bond acceptors (Lipinski definition) is 2. The summed E-state index contributed by atoms with van der Waals surface area (Å²) in [6.07, 6.45) is 2.31. The van der Waals surface area contributed by atoms with E-state index in [-0.39, 0.29) is 0 Å². The second-order valence-corrected chi connectivity index (χ2v) is 7.53. The van der Waals surface area contributed by atoms with Crippen molar-refractivity contribution in [3.8, 4) is 0 Å². The first-order valence-electron chi connectivity index (χ1n) is 6.43. The lowest BCUT2D eigenvalue weighted by molar-refractivity contribution is 0.469. The first-order chi connectivity index (χ1) is 9.15. The quantitative estimate of drug-likeness (QED) is 0.765. The molecule has 0 aliphatic heterocycles. The van der Waals surface area contributed by atoms with E-state index in [0.717, 1.165) is 10.8 Å². The molecular weight excluding hydrogens is 342 g/mol. The molecule has 0 saturated carbocycles. The molecule has 19 heavy (non-hydrogen) atoms. The van der Waals surface area contributed by atoms with Crippen molar-refractivity contribution >= 4 is 38.9 Å². The van der Waals surface area contributed by atoms with Gasteiger partial charge in [0.2, 0.25) is 0 Å². The van der Waals surface area contributed by atoms with Crippen molar-refractivity contribution in [3.63, 3.8) is 0 Å². The molecule has 1 aromatic carbocycles. The maximum Gasteiger partial charge on any atom is 0.0931 e. The van der Waals surface area contributed by atoms with Crippen LogP contribution in [0, 0.1) is 0 Å². The van der Waals surface area contributed by atoms with E-state index in [2.05, 4.69) is 52.4 Å². The van der Waals surface area contributed by atoms with Crippen LogP contribution in [0.15, 0.2) is 34.8 Å². The minimum Gasteiger partial charge on any atom is -0.303 e. The lowest BCUT2D eigenvalue weighted by Crippen LogP contribution is -2.22. The summed E-state index contributed by atoms with van der Waals surface area (Å²) < 4.78 is 2.10. The molecule has 2 aromatic rings. The Hall–Kier alpha value is -0.350. The molecule has 1 nitrogen and oxygen atoms in total. The highest BCUT2D eigenvalue weighted by Crippen LogP contribution is 2.37. The Kier molecular flexibility index (Phi) is 3.99. The van der Waals surface area contributed by atoms with Crippen molar-refractivity contribution in [1.29, 1.82) is 0 Å². The molecule has 1 aromatic heterocycles. The highest BCUT2D eigenvalue weighted by molar-refractivity contribution is 9.10. The molecule has 0 radical (unpaired) electrons. The Bertz CT molecular complexity index is 596. The largest absolute Gasteiger partial charge is 0.303 e. The van der Waals surface area contributed by atoms with Crippen LogP contribution in [0.1, 0.15) is 41.4 Å². The van der Waals surface area contributed by atoms with Gasteiger partial charge in [-0.3, -0.25) is 0 Å². The zero-order valence-corrected chi connectivity index (χ0v) is 13.8. The highest BCUT2D eigenvalue weighted by atomic mass is 79.9. The van der Waals surface area contributed by atoms with Crippen LogP contribution in [0.5, 0.6) is 0 Å². The topological polar surface area (TPSA) is 12.0 Å². The molecule has 100 valence electrons. The zero-order valence-electron chi connectivity index (χ0n) is 10.6. The van der Waals surface area contributed by atoms with Gasteiger partial charge in [0.05, 0.1) is 4.34 Å². The van der Waals surface area contributed by atoms with Crippen molar-refractivity contribution in [2.75, 3.05) is 0 Å². The Morgan fingerprint density at radius 3 is 2.95 bits per heavy atom. The van der Waals surface area contributed by atoms with Gasteiger partial charge in [-0.25, -0.2) is 0 Å². The number of nitrogens with one attached hydrogen (secondary N) is 1. The standard InChI is InChI=1S/C15H15BrClNS/c1-9(14-7-8-15(17)19-14)18-13-6-5-10-11(13)3-2-4-12(10)16/h2-4,7-9,13,18H,5-6H2,1H3. The molecule has 1 heterocycles. The first-order valence-corrected chi connectivity index (χ1v) is 8.42. The first kappa shape index (κ1) is 13.6. The predicted octanol–water partition coefficient (Wildman–Crippen LogP) is 5.50. The van der Waals surface area contributed by atoms with Gasteiger partial charge in [0.15, 0.2) is 0 Å². The summed E-state index contributed by atoms with van der Waals surface area (Å²) in [5, 5.41) is 3.72. The Morgan fingerprint density at radius 1 is 1.37 bits per heavy atom. The summed E-state index contributed by atoms with van der Waals surface area (Å²) in [5.74, 6) is 0. The summed E-state index contributed by atoms with van der Waals surface area (Å²) in [5.41, 5.74) is 2.89. The van der Waals surface area contributed by atoms with Crippen LogP contribution in [-0.4, -0.2) is 0 Å². The molecule has 0 amide bonds. The molecule has 0 fully saturated rings. The van der Waals surface area contributed by atoms with E-state index >= 15 is 0 Å². The average Bonchev–Trinajstić information content (AvgIpc) is 2.98. The molecule has 1 aliphatic rings. The average molecular weight is 357 g/mol. The third-order valence-corrected chi connectivity index (χ3v) is 5.84. The van der Waals surface area contributed by atoms with Crippen LogP contribution in [-0.2, 0) is 6.42 Å². The van der Waals surface area contributed by atoms with Gasteiger partial charge < -0.3 is 5.32 Å². The molecule has 4 heteroatoms. The molecule has 0 spiro atoms. The summed E-state index contributed by atoms with van der Waals surface area (Å²) >= 11 is 11.3. The van der Waals surface area contributed by atoms with Crippen LogP contribution in [0.2, 0.25) is 4.34 Å². The molecule has 1 aliphatic carbocycles. The number of hydrogen-bond donors (Lipinski definition) is 1. The molecule has 1 N–H and O–H groups in total. The van der Waals surface area contributed by atoms with Gasteiger partial charge in [-0.15, -0.1) is 11.3 Å². The number of benzene rings is 1. The van der Waals surface area contributed by atoms with E-state index in [0.29, 0.717) is 12.1 Å². The van der Waals surface area contributed by atoms with Crippen LogP contribution < -0.4 is 5.32 Å². The minimum absolute atomic E-state index is 0.340. The van der Waals surface area contributed by atoms with Crippen molar-refractivity contribution < 1.29 is 0 Å². The lowest BCUT2D eigenvalue weighted by Gasteiger charge is -2.19. The number of rotatable bonds is 3. The third kappa shape index (κ3) is 2.75. The van der Waals surface area contributed by atoms with Gasteiger partial charge in [0.25, 0.3) is 0 Å². The number of thiophene rings is 1. The van der Waals surface area contributed by atoms with Crippen molar-refractivity contribution in [3.05, 3.63) is 55.1 Å². The van der Waals surface area contributed by atoms with E-state index in [1.165, 1.54) is 26.9 Å². The molecule has 2 atom stereocenters. The second-order valence-electron chi connectivity index (χ2n) is 4.93. The van der Waals surface area contributed by atoms with Gasteiger partial charge in [0.1, 0.15) is 0 Å². The third-order valence-electron chi connectivity index (χ3n) is 3.69. The molecule has 3 rings (SSSR count). The van der Waals surface area contributed by atoms with Crippen LogP contribution in [0.25, 0.3) is 0 Å². The fourth-order valence-electron chi connectivity index (χ4n) is 2.73. The fourth-order valence-corrected chi connectivity index (χ4v) is 4.38. The van der Waals surface area contributed by atoms with E-state index in [4.69, 9.17) is 11.6 Å². The minimum atomic E-state index is 0.340. The smallest absolute Gasteiger partial charge is 0.0931 e. The monoisotopic (exact) mass is 355 g/mol. The van der Waals surface area contributed by atoms with Gasteiger partial charge in [0, 0.05) is 21.4 Å². The van der Waals surface area contributed by atoms with Crippen LogP contribution in [0.4, 0.5) is 0 Å². The van der Waals surface area contributed by atoms with Crippen molar-refractivity contribution in [2.24, 2.45) is 0 Å². The molecule has 0 saturated heterocycles. The van der Waals surface area contributed by atoms with E-state index in [9.17, 15) is 0 Å². The fraction of sp³-hybridized carbons (Fsp3) is 0.333. The SMILES string of the molecule is CC(NC1CCc2c(Br)cccc21)c1ccc(Cl)s1. The van der Waals surface area contributed by atoms with Gasteiger partial charge in [-0.1, -0.05) is 39.7 Å². The van der Waals surface area contributed by atoms with Gasteiger partial charge in [-0.2, -0.15) is 0 Å². The normalized spacial score (nSPS) is 19.4. The Labute approximate surface area is 131 Å². The molecule has 2 unspecified atom stereocenters. The highest BCUT2D eigenvalue weighted by Gasteiger charge is 2.25. The van der Waals surface area contributed by atoms with E-state index < -0.39 is 0 Å². The van der Waals surface area contributed by atoms with Gasteiger partial charge >= 0.3 is 0 Å². The van der Waals surface area contributed by atoms with Crippen LogP contribution >= 0.6 is 38.9 Å². The van der Waals surface area contributed by atoms with Crippen molar-refractivity contribution in [1.82, 2.24) is 5.32 Å². The summed E-state index contributed by atoms with van der Waals surface area (Å²) in [4.78, 5) is 1.30.